The van der Waals surface area contributed by atoms with Gasteiger partial charge in [-0.1, -0.05) is 55.8 Å². The predicted molar refractivity (Wildman–Crippen MR) is 52.9 cm³/mol. The van der Waals surface area contributed by atoms with Gasteiger partial charge in [0.1, 0.15) is 3.92 Å². The van der Waals surface area contributed by atoms with E-state index >= 15 is 0 Å². The summed E-state index contributed by atoms with van der Waals surface area (Å²) in [5, 5.41) is 0. The van der Waals surface area contributed by atoms with E-state index in [1.54, 1.807) is 6.92 Å². The first-order valence-electron chi connectivity index (χ1n) is 2.26. The van der Waals surface area contributed by atoms with Crippen molar-refractivity contribution in [2.24, 2.45) is 0 Å². The van der Waals surface area contributed by atoms with Gasteiger partial charge in [-0.2, -0.15) is 0 Å². The lowest BCUT2D eigenvalue weighted by atomic mass is 10.5. The van der Waals surface area contributed by atoms with Crippen molar-refractivity contribution in [1.82, 2.24) is 0 Å². The van der Waals surface area contributed by atoms with Gasteiger partial charge in [-0.15, -0.1) is 0 Å². The molecule has 0 heterocycles. The molecule has 0 aromatic rings. The molecule has 10 heavy (non-hydrogen) atoms. The Morgan fingerprint density at radius 3 is 2.10 bits per heavy atom. The minimum absolute atomic E-state index is 0.277. The number of carbonyl (C=O) groups is 1. The molecule has 0 saturated heterocycles. The van der Waals surface area contributed by atoms with E-state index < -0.39 is 12.2 Å². The monoisotopic (exact) mass is 332 g/mol. The van der Waals surface area contributed by atoms with Crippen LogP contribution in [0, 0.1) is 0 Å². The SMILES string of the molecule is CC(I)C(=O)O[Si](Cl)(Cl)Cl. The van der Waals surface area contributed by atoms with Gasteiger partial charge in [0, 0.05) is 0 Å². The molecule has 1 atom stereocenters. The van der Waals surface area contributed by atoms with Crippen molar-refractivity contribution < 1.29 is 9.22 Å². The van der Waals surface area contributed by atoms with Crippen LogP contribution in [-0.2, 0) is 9.22 Å². The van der Waals surface area contributed by atoms with Crippen molar-refractivity contribution in [3.63, 3.8) is 0 Å². The van der Waals surface area contributed by atoms with Crippen LogP contribution in [0.15, 0.2) is 0 Å². The lowest BCUT2D eigenvalue weighted by molar-refractivity contribution is -0.133. The molecule has 2 nitrogen and oxygen atoms in total. The number of hydrogen-bond donors (Lipinski definition) is 0. The Kier molecular flexibility index (Phi) is 4.91. The van der Waals surface area contributed by atoms with Crippen LogP contribution in [0.2, 0.25) is 0 Å². The summed E-state index contributed by atoms with van der Waals surface area (Å²) in [5.74, 6) is -0.479. The first kappa shape index (κ1) is 11.3. The Labute approximate surface area is 87.5 Å². The van der Waals surface area contributed by atoms with Gasteiger partial charge in [0.2, 0.25) is 0 Å². The molecule has 0 N–H and O–H groups in total. The fourth-order valence-electron chi connectivity index (χ4n) is 0.195. The molecule has 0 radical (unpaired) electrons. The summed E-state index contributed by atoms with van der Waals surface area (Å²) in [7, 11) is 0. The first-order valence-corrected chi connectivity index (χ1v) is 8.45. The molecule has 60 valence electrons. The molecular weight excluding hydrogens is 329 g/mol. The maximum absolute atomic E-state index is 10.7. The van der Waals surface area contributed by atoms with Crippen LogP contribution in [0.4, 0.5) is 0 Å². The largest absolute Gasteiger partial charge is 0.557 e. The highest BCUT2D eigenvalue weighted by Gasteiger charge is 2.33. The Hall–Kier alpha value is 1.29. The molecule has 0 amide bonds. The zero-order chi connectivity index (χ0) is 8.36. The summed E-state index contributed by atoms with van der Waals surface area (Å²) in [6.07, 6.45) is -3.22. The topological polar surface area (TPSA) is 26.3 Å². The van der Waals surface area contributed by atoms with Crippen molar-refractivity contribution in [2.45, 2.75) is 10.8 Å². The quantitative estimate of drug-likeness (QED) is 0.336. The van der Waals surface area contributed by atoms with Crippen LogP contribution in [0.3, 0.4) is 0 Å². The van der Waals surface area contributed by atoms with Gasteiger partial charge in [0.05, 0.1) is 0 Å². The van der Waals surface area contributed by atoms with Gasteiger partial charge in [-0.05, 0) is 6.92 Å². The second-order valence-electron chi connectivity index (χ2n) is 1.48. The van der Waals surface area contributed by atoms with E-state index in [2.05, 4.69) is 4.43 Å². The molecule has 0 aliphatic carbocycles. The van der Waals surface area contributed by atoms with E-state index in [-0.39, 0.29) is 3.92 Å². The average molecular weight is 333 g/mol. The maximum atomic E-state index is 10.7. The fourth-order valence-corrected chi connectivity index (χ4v) is 1.65. The molecule has 7 heteroatoms. The number of halogens is 4. The molecule has 0 saturated carbocycles. The smallest absolute Gasteiger partial charge is 0.480 e. The zero-order valence-electron chi connectivity index (χ0n) is 4.91. The molecule has 1 unspecified atom stereocenters. The molecule has 0 aromatic heterocycles. The highest BCUT2D eigenvalue weighted by molar-refractivity contribution is 14.1. The molecule has 0 aliphatic rings. The summed E-state index contributed by atoms with van der Waals surface area (Å²) in [4.78, 5) is 10.7. The lowest BCUT2D eigenvalue weighted by Crippen LogP contribution is -2.25. The predicted octanol–water partition coefficient (Wildman–Crippen LogP) is 2.51. The van der Waals surface area contributed by atoms with Crippen LogP contribution < -0.4 is 0 Å². The van der Waals surface area contributed by atoms with Crippen LogP contribution in [0.1, 0.15) is 6.92 Å². The van der Waals surface area contributed by atoms with E-state index in [1.807, 2.05) is 22.6 Å². The second kappa shape index (κ2) is 4.35. The van der Waals surface area contributed by atoms with Crippen LogP contribution >= 0.6 is 55.8 Å². The summed E-state index contributed by atoms with van der Waals surface area (Å²) >= 11 is 17.8. The van der Waals surface area contributed by atoms with E-state index in [0.717, 1.165) is 0 Å². The lowest BCUT2D eigenvalue weighted by Gasteiger charge is -2.10. The van der Waals surface area contributed by atoms with E-state index in [4.69, 9.17) is 33.2 Å². The third-order valence-electron chi connectivity index (χ3n) is 0.541. The van der Waals surface area contributed by atoms with Crippen LogP contribution in [-0.4, -0.2) is 16.1 Å². The summed E-state index contributed by atoms with van der Waals surface area (Å²) < 4.78 is 4.21. The van der Waals surface area contributed by atoms with Gasteiger partial charge >= 0.3 is 12.2 Å². The van der Waals surface area contributed by atoms with Crippen molar-refractivity contribution in [1.29, 1.82) is 0 Å². The molecule has 0 bridgehead atoms. The molecular formula is C3H4Cl3IO2Si. The van der Waals surface area contributed by atoms with E-state index in [1.165, 1.54) is 0 Å². The Morgan fingerprint density at radius 1 is 1.60 bits per heavy atom. The Bertz CT molecular complexity index is 134. The second-order valence-corrected chi connectivity index (χ2v) is 11.0. The van der Waals surface area contributed by atoms with Crippen LogP contribution in [0.25, 0.3) is 0 Å². The highest BCUT2D eigenvalue weighted by Crippen LogP contribution is 2.22. The normalized spacial score (nSPS) is 14.5. The number of rotatable bonds is 2. The molecule has 0 fully saturated rings. The molecule has 0 rings (SSSR count). The van der Waals surface area contributed by atoms with Gasteiger partial charge in [0.15, 0.2) is 0 Å². The van der Waals surface area contributed by atoms with Crippen LogP contribution in [0.5, 0.6) is 0 Å². The van der Waals surface area contributed by atoms with E-state index in [9.17, 15) is 4.79 Å². The zero-order valence-corrected chi connectivity index (χ0v) is 10.3. The number of alkyl halides is 1. The Balaban J connectivity index is 3.81. The van der Waals surface area contributed by atoms with Crippen molar-refractivity contribution in [3.8, 4) is 0 Å². The average Bonchev–Trinajstić information content (AvgIpc) is 1.60. The Morgan fingerprint density at radius 2 is 2.00 bits per heavy atom. The number of carbonyl (C=O) groups excluding carboxylic acids is 1. The summed E-state index contributed by atoms with van der Waals surface area (Å²) in [5.41, 5.74) is 0. The summed E-state index contributed by atoms with van der Waals surface area (Å²) in [6, 6.07) is 0. The fraction of sp³-hybridized carbons (Fsp3) is 0.667. The van der Waals surface area contributed by atoms with E-state index in [0.29, 0.717) is 0 Å². The van der Waals surface area contributed by atoms with Crippen molar-refractivity contribution >= 4 is 68.0 Å². The molecule has 0 spiro atoms. The highest BCUT2D eigenvalue weighted by atomic mass is 127. The van der Waals surface area contributed by atoms with Crippen molar-refractivity contribution in [3.05, 3.63) is 0 Å². The van der Waals surface area contributed by atoms with Gasteiger partial charge in [0.25, 0.3) is 0 Å². The standard InChI is InChI=1S/C3H4Cl3IO2Si/c1-2(7)3(8)9-10(4,5)6/h2H,1H3. The third-order valence-corrected chi connectivity index (χ3v) is 2.18. The molecule has 0 aromatic carbocycles. The minimum atomic E-state index is -3.22. The minimum Gasteiger partial charge on any atom is -0.480 e. The van der Waals surface area contributed by atoms with Gasteiger partial charge in [-0.3, -0.25) is 4.79 Å². The van der Waals surface area contributed by atoms with Crippen molar-refractivity contribution in [2.75, 3.05) is 0 Å². The molecule has 0 aliphatic heterocycles. The third kappa shape index (κ3) is 6.03. The maximum Gasteiger partial charge on any atom is 0.557 e. The van der Waals surface area contributed by atoms with Gasteiger partial charge < -0.3 is 4.43 Å². The first-order chi connectivity index (χ1) is 4.33. The summed E-state index contributed by atoms with van der Waals surface area (Å²) in [6.45, 7) is 1.66. The number of hydrogen-bond acceptors (Lipinski definition) is 2. The van der Waals surface area contributed by atoms with Gasteiger partial charge in [-0.25, -0.2) is 0 Å².